The fourth-order valence-corrected chi connectivity index (χ4v) is 4.34. The summed E-state index contributed by atoms with van der Waals surface area (Å²) in [5.41, 5.74) is 1.30. The van der Waals surface area contributed by atoms with E-state index in [0.717, 1.165) is 6.04 Å². The summed E-state index contributed by atoms with van der Waals surface area (Å²) in [5, 5.41) is 4.95. The van der Waals surface area contributed by atoms with E-state index in [1.54, 1.807) is 0 Å². The van der Waals surface area contributed by atoms with Crippen molar-refractivity contribution in [2.45, 2.75) is 58.2 Å². The molecule has 3 unspecified atom stereocenters. The molecule has 0 spiro atoms. The largest absolute Gasteiger partial charge is 0.310 e. The highest BCUT2D eigenvalue weighted by molar-refractivity contribution is 7.11. The van der Waals surface area contributed by atoms with E-state index in [9.17, 15) is 0 Å². The molecule has 2 fully saturated rings. The van der Waals surface area contributed by atoms with Crippen molar-refractivity contribution < 1.29 is 0 Å². The Morgan fingerprint density at radius 2 is 2.06 bits per heavy atom. The van der Waals surface area contributed by atoms with Gasteiger partial charge in [-0.2, -0.15) is 0 Å². The van der Waals surface area contributed by atoms with E-state index in [1.165, 1.54) is 47.9 Å². The van der Waals surface area contributed by atoms with Crippen molar-refractivity contribution in [3.63, 3.8) is 0 Å². The van der Waals surface area contributed by atoms with E-state index in [-0.39, 0.29) is 0 Å². The highest BCUT2D eigenvalue weighted by Crippen LogP contribution is 2.30. The quantitative estimate of drug-likeness (QED) is 0.891. The molecule has 2 saturated heterocycles. The first-order valence-corrected chi connectivity index (χ1v) is 7.89. The number of aromatic nitrogens is 1. The molecule has 3 nitrogen and oxygen atoms in total. The molecule has 100 valence electrons. The van der Waals surface area contributed by atoms with Crippen LogP contribution in [0.3, 0.4) is 0 Å². The van der Waals surface area contributed by atoms with Crippen molar-refractivity contribution in [1.29, 1.82) is 0 Å². The van der Waals surface area contributed by atoms with Crippen LogP contribution in [0.5, 0.6) is 0 Å². The summed E-state index contributed by atoms with van der Waals surface area (Å²) >= 11 is 1.83. The van der Waals surface area contributed by atoms with Crippen LogP contribution in [0.2, 0.25) is 0 Å². The second-order valence-corrected chi connectivity index (χ2v) is 7.18. The van der Waals surface area contributed by atoms with Gasteiger partial charge in [-0.25, -0.2) is 4.98 Å². The lowest BCUT2D eigenvalue weighted by atomic mass is 10.1. The summed E-state index contributed by atoms with van der Waals surface area (Å²) in [7, 11) is 0. The van der Waals surface area contributed by atoms with Gasteiger partial charge in [0.1, 0.15) is 0 Å². The zero-order valence-electron chi connectivity index (χ0n) is 11.6. The van der Waals surface area contributed by atoms with Gasteiger partial charge in [0.05, 0.1) is 16.7 Å². The first-order valence-electron chi connectivity index (χ1n) is 7.07. The minimum atomic E-state index is 0.469. The molecular formula is C14H23N3S. The Kier molecular flexibility index (Phi) is 3.43. The highest BCUT2D eigenvalue weighted by Gasteiger charge is 2.32. The molecular weight excluding hydrogens is 242 g/mol. The van der Waals surface area contributed by atoms with E-state index in [2.05, 4.69) is 31.0 Å². The van der Waals surface area contributed by atoms with Crippen molar-refractivity contribution in [3.8, 4) is 0 Å². The van der Waals surface area contributed by atoms with Gasteiger partial charge in [0, 0.05) is 30.1 Å². The number of fused-ring (bicyclic) bond motifs is 2. The van der Waals surface area contributed by atoms with Crippen LogP contribution in [0.25, 0.3) is 0 Å². The Hall–Kier alpha value is -0.450. The molecule has 3 heterocycles. The van der Waals surface area contributed by atoms with Gasteiger partial charge in [-0.05, 0) is 40.0 Å². The molecule has 2 bridgehead atoms. The first-order chi connectivity index (χ1) is 8.63. The maximum absolute atomic E-state index is 4.73. The Balaban J connectivity index is 1.76. The van der Waals surface area contributed by atoms with Crippen molar-refractivity contribution in [2.75, 3.05) is 13.1 Å². The van der Waals surface area contributed by atoms with Crippen LogP contribution in [0.1, 0.15) is 47.8 Å². The van der Waals surface area contributed by atoms with E-state index in [4.69, 9.17) is 4.98 Å². The van der Waals surface area contributed by atoms with E-state index in [1.807, 2.05) is 11.3 Å². The summed E-state index contributed by atoms with van der Waals surface area (Å²) in [6.45, 7) is 9.04. The van der Waals surface area contributed by atoms with Crippen LogP contribution in [-0.4, -0.2) is 35.1 Å². The molecule has 18 heavy (non-hydrogen) atoms. The number of rotatable bonds is 2. The number of nitrogens with one attached hydrogen (secondary N) is 1. The standard InChI is InChI=1S/C14H23N3S/c1-9(14-10(2)18-11(3)15-14)17-7-6-12-4-5-13(8-17)16-12/h9,12-13,16H,4-8H2,1-3H3. The Morgan fingerprint density at radius 3 is 2.78 bits per heavy atom. The van der Waals surface area contributed by atoms with Crippen LogP contribution in [0.4, 0.5) is 0 Å². The smallest absolute Gasteiger partial charge is 0.0900 e. The summed E-state index contributed by atoms with van der Waals surface area (Å²) in [6.07, 6.45) is 4.02. The third-order valence-corrected chi connectivity index (χ3v) is 5.34. The molecule has 0 aliphatic carbocycles. The van der Waals surface area contributed by atoms with Crippen LogP contribution in [-0.2, 0) is 0 Å². The molecule has 1 N–H and O–H groups in total. The average Bonchev–Trinajstić information content (AvgIpc) is 2.81. The van der Waals surface area contributed by atoms with Gasteiger partial charge in [0.2, 0.25) is 0 Å². The Morgan fingerprint density at radius 1 is 1.28 bits per heavy atom. The van der Waals surface area contributed by atoms with Crippen LogP contribution in [0.15, 0.2) is 0 Å². The lowest BCUT2D eigenvalue weighted by Crippen LogP contribution is -2.37. The van der Waals surface area contributed by atoms with Crippen LogP contribution < -0.4 is 5.32 Å². The number of nitrogens with zero attached hydrogens (tertiary/aromatic N) is 2. The SMILES string of the molecule is Cc1nc(C(C)N2CCC3CCC(C2)N3)c(C)s1. The van der Waals surface area contributed by atoms with Crippen LogP contribution >= 0.6 is 11.3 Å². The summed E-state index contributed by atoms with van der Waals surface area (Å²) < 4.78 is 0. The van der Waals surface area contributed by atoms with Gasteiger partial charge < -0.3 is 5.32 Å². The Labute approximate surface area is 114 Å². The minimum Gasteiger partial charge on any atom is -0.310 e. The molecule has 0 aromatic carbocycles. The molecule has 1 aromatic heterocycles. The summed E-state index contributed by atoms with van der Waals surface area (Å²) in [4.78, 5) is 8.75. The Bertz CT molecular complexity index is 429. The zero-order chi connectivity index (χ0) is 12.7. The van der Waals surface area contributed by atoms with Gasteiger partial charge in [0.15, 0.2) is 0 Å². The highest BCUT2D eigenvalue weighted by atomic mass is 32.1. The van der Waals surface area contributed by atoms with Gasteiger partial charge in [-0.3, -0.25) is 4.90 Å². The van der Waals surface area contributed by atoms with Crippen molar-refractivity contribution in [1.82, 2.24) is 15.2 Å². The maximum Gasteiger partial charge on any atom is 0.0900 e. The van der Waals surface area contributed by atoms with Gasteiger partial charge in [0.25, 0.3) is 0 Å². The normalized spacial score (nSPS) is 30.4. The second-order valence-electron chi connectivity index (χ2n) is 5.77. The van der Waals surface area contributed by atoms with E-state index >= 15 is 0 Å². The predicted molar refractivity (Wildman–Crippen MR) is 76.1 cm³/mol. The molecule has 1 aromatic rings. The maximum atomic E-state index is 4.73. The number of hydrogen-bond donors (Lipinski definition) is 1. The van der Waals surface area contributed by atoms with Crippen molar-refractivity contribution in [2.24, 2.45) is 0 Å². The number of thiazole rings is 1. The average molecular weight is 265 g/mol. The monoisotopic (exact) mass is 265 g/mol. The molecule has 0 radical (unpaired) electrons. The van der Waals surface area contributed by atoms with Gasteiger partial charge in [-0.1, -0.05) is 0 Å². The molecule has 0 amide bonds. The summed E-state index contributed by atoms with van der Waals surface area (Å²) in [6, 6.07) is 1.95. The third kappa shape index (κ3) is 2.33. The van der Waals surface area contributed by atoms with Crippen LogP contribution in [0, 0.1) is 13.8 Å². The molecule has 0 saturated carbocycles. The number of aryl methyl sites for hydroxylation is 2. The lowest BCUT2D eigenvalue weighted by molar-refractivity contribution is 0.196. The lowest BCUT2D eigenvalue weighted by Gasteiger charge is -2.29. The third-order valence-electron chi connectivity index (χ3n) is 4.44. The van der Waals surface area contributed by atoms with Gasteiger partial charge in [-0.15, -0.1) is 11.3 Å². The van der Waals surface area contributed by atoms with E-state index in [0.29, 0.717) is 12.1 Å². The van der Waals surface area contributed by atoms with Gasteiger partial charge >= 0.3 is 0 Å². The number of likely N-dealkylation sites (tertiary alicyclic amines) is 1. The minimum absolute atomic E-state index is 0.469. The molecule has 2 aliphatic rings. The fraction of sp³-hybridized carbons (Fsp3) is 0.786. The van der Waals surface area contributed by atoms with E-state index < -0.39 is 0 Å². The number of hydrogen-bond acceptors (Lipinski definition) is 4. The predicted octanol–water partition coefficient (Wildman–Crippen LogP) is 2.65. The first kappa shape index (κ1) is 12.6. The molecule has 3 atom stereocenters. The topological polar surface area (TPSA) is 28.2 Å². The van der Waals surface area contributed by atoms with Crippen molar-refractivity contribution >= 4 is 11.3 Å². The molecule has 2 aliphatic heterocycles. The molecule has 3 rings (SSSR count). The van der Waals surface area contributed by atoms with Crippen molar-refractivity contribution in [3.05, 3.63) is 15.6 Å². The fourth-order valence-electron chi connectivity index (χ4n) is 3.43. The second kappa shape index (κ2) is 4.91. The zero-order valence-corrected chi connectivity index (χ0v) is 12.4. The molecule has 4 heteroatoms. The summed E-state index contributed by atoms with van der Waals surface area (Å²) in [5.74, 6) is 0.